The van der Waals surface area contributed by atoms with Crippen molar-refractivity contribution >= 4 is 28.5 Å². The highest BCUT2D eigenvalue weighted by atomic mass is 127. The molecule has 0 saturated carbocycles. The van der Waals surface area contributed by atoms with Crippen LogP contribution in [-0.4, -0.2) is 23.9 Å². The number of likely N-dealkylation sites (tertiary alicyclic amines) is 1. The molecular formula is C11H11FINO. The summed E-state index contributed by atoms with van der Waals surface area (Å²) >= 11 is 1.90. The van der Waals surface area contributed by atoms with Crippen molar-refractivity contribution in [1.82, 2.24) is 4.90 Å². The zero-order chi connectivity index (χ0) is 11.0. The van der Waals surface area contributed by atoms with Crippen molar-refractivity contribution in [1.29, 1.82) is 0 Å². The van der Waals surface area contributed by atoms with Gasteiger partial charge in [0.05, 0.1) is 5.56 Å². The third-order valence-corrected chi connectivity index (χ3v) is 3.37. The van der Waals surface area contributed by atoms with E-state index in [4.69, 9.17) is 0 Å². The number of rotatable bonds is 1. The van der Waals surface area contributed by atoms with Crippen molar-refractivity contribution in [3.63, 3.8) is 0 Å². The van der Waals surface area contributed by atoms with E-state index in [1.165, 1.54) is 0 Å². The summed E-state index contributed by atoms with van der Waals surface area (Å²) in [5, 5.41) is 0. The van der Waals surface area contributed by atoms with E-state index in [0.717, 1.165) is 13.1 Å². The van der Waals surface area contributed by atoms with Crippen molar-refractivity contribution in [3.8, 4) is 0 Å². The Balaban J connectivity index is 2.22. The number of amides is 1. The van der Waals surface area contributed by atoms with Gasteiger partial charge in [0.25, 0.3) is 5.91 Å². The molecular weight excluding hydrogens is 308 g/mol. The molecule has 0 radical (unpaired) electrons. The fourth-order valence-corrected chi connectivity index (χ4v) is 2.20. The van der Waals surface area contributed by atoms with Gasteiger partial charge in [0.15, 0.2) is 0 Å². The molecule has 1 aromatic carbocycles. The zero-order valence-corrected chi connectivity index (χ0v) is 10.5. The van der Waals surface area contributed by atoms with Gasteiger partial charge in [-0.3, -0.25) is 4.79 Å². The first-order chi connectivity index (χ1) is 7.09. The summed E-state index contributed by atoms with van der Waals surface area (Å²) in [4.78, 5) is 13.5. The molecule has 0 aliphatic carbocycles. The lowest BCUT2D eigenvalue weighted by Crippen LogP contribution is -2.48. The maximum Gasteiger partial charge on any atom is 0.256 e. The third kappa shape index (κ3) is 2.00. The lowest BCUT2D eigenvalue weighted by Gasteiger charge is -2.37. The molecule has 1 aliphatic rings. The fourth-order valence-electron chi connectivity index (χ4n) is 1.70. The highest BCUT2D eigenvalue weighted by Gasteiger charge is 2.29. The van der Waals surface area contributed by atoms with E-state index in [-0.39, 0.29) is 11.5 Å². The minimum atomic E-state index is -0.400. The molecule has 15 heavy (non-hydrogen) atoms. The number of hydrogen-bond acceptors (Lipinski definition) is 1. The molecule has 2 rings (SSSR count). The Kier molecular flexibility index (Phi) is 2.95. The summed E-state index contributed by atoms with van der Waals surface area (Å²) in [5.74, 6) is -0.0495. The standard InChI is InChI=1S/C11H11FINO/c1-7-5-14(6-7)11(15)8-3-2-4-9(13)10(8)12/h2-4,7H,5-6H2,1H3. The fraction of sp³-hybridized carbons (Fsp3) is 0.364. The number of hydrogen-bond donors (Lipinski definition) is 0. The molecule has 0 spiro atoms. The van der Waals surface area contributed by atoms with E-state index in [1.54, 1.807) is 23.1 Å². The smallest absolute Gasteiger partial charge is 0.256 e. The van der Waals surface area contributed by atoms with Gasteiger partial charge in [0.1, 0.15) is 5.82 Å². The van der Waals surface area contributed by atoms with Crippen LogP contribution < -0.4 is 0 Å². The molecule has 0 N–H and O–H groups in total. The molecule has 0 atom stereocenters. The first-order valence-electron chi connectivity index (χ1n) is 4.83. The second-order valence-corrected chi connectivity index (χ2v) is 5.08. The van der Waals surface area contributed by atoms with Gasteiger partial charge < -0.3 is 4.90 Å². The molecule has 4 heteroatoms. The minimum Gasteiger partial charge on any atom is -0.338 e. The maximum atomic E-state index is 13.6. The lowest BCUT2D eigenvalue weighted by molar-refractivity contribution is 0.0525. The van der Waals surface area contributed by atoms with Gasteiger partial charge in [-0.25, -0.2) is 4.39 Å². The third-order valence-electron chi connectivity index (χ3n) is 2.53. The number of carbonyl (C=O) groups excluding carboxylic acids is 1. The number of nitrogens with zero attached hydrogens (tertiary/aromatic N) is 1. The predicted octanol–water partition coefficient (Wildman–Crippen LogP) is 2.52. The van der Waals surface area contributed by atoms with Gasteiger partial charge in [-0.05, 0) is 40.6 Å². The summed E-state index contributed by atoms with van der Waals surface area (Å²) in [6, 6.07) is 4.91. The molecule has 1 fully saturated rings. The Morgan fingerprint density at radius 3 is 2.80 bits per heavy atom. The molecule has 0 aromatic heterocycles. The van der Waals surface area contributed by atoms with E-state index >= 15 is 0 Å². The van der Waals surface area contributed by atoms with Crippen molar-refractivity contribution in [2.45, 2.75) is 6.92 Å². The molecule has 1 aromatic rings. The average molecular weight is 319 g/mol. The average Bonchev–Trinajstić information content (AvgIpc) is 2.16. The molecule has 80 valence electrons. The van der Waals surface area contributed by atoms with Crippen molar-refractivity contribution in [3.05, 3.63) is 33.1 Å². The number of benzene rings is 1. The molecule has 1 saturated heterocycles. The van der Waals surface area contributed by atoms with Crippen LogP contribution >= 0.6 is 22.6 Å². The Hall–Kier alpha value is -0.650. The minimum absolute atomic E-state index is 0.189. The van der Waals surface area contributed by atoms with Crippen LogP contribution in [0, 0.1) is 15.3 Å². The van der Waals surface area contributed by atoms with Crippen molar-refractivity contribution in [2.75, 3.05) is 13.1 Å². The van der Waals surface area contributed by atoms with Crippen LogP contribution in [-0.2, 0) is 0 Å². The molecule has 2 nitrogen and oxygen atoms in total. The second kappa shape index (κ2) is 4.08. The SMILES string of the molecule is CC1CN(C(=O)c2cccc(I)c2F)C1. The summed E-state index contributed by atoms with van der Waals surface area (Å²) < 4.78 is 14.1. The van der Waals surface area contributed by atoms with Gasteiger partial charge in [-0.1, -0.05) is 13.0 Å². The van der Waals surface area contributed by atoms with Gasteiger partial charge in [-0.15, -0.1) is 0 Å². The van der Waals surface area contributed by atoms with Crippen LogP contribution in [0.25, 0.3) is 0 Å². The van der Waals surface area contributed by atoms with Crippen LogP contribution in [0.5, 0.6) is 0 Å². The normalized spacial score (nSPS) is 16.3. The summed E-state index contributed by atoms with van der Waals surface area (Å²) in [7, 11) is 0. The maximum absolute atomic E-state index is 13.6. The van der Waals surface area contributed by atoms with Gasteiger partial charge in [0, 0.05) is 16.7 Å². The van der Waals surface area contributed by atoms with Crippen LogP contribution in [0.4, 0.5) is 4.39 Å². The van der Waals surface area contributed by atoms with E-state index in [2.05, 4.69) is 6.92 Å². The molecule has 1 heterocycles. The Labute approximate surface area is 102 Å². The number of halogens is 2. The van der Waals surface area contributed by atoms with Gasteiger partial charge >= 0.3 is 0 Å². The van der Waals surface area contributed by atoms with Crippen molar-refractivity contribution in [2.24, 2.45) is 5.92 Å². The van der Waals surface area contributed by atoms with E-state index in [0.29, 0.717) is 9.49 Å². The monoisotopic (exact) mass is 319 g/mol. The zero-order valence-electron chi connectivity index (χ0n) is 8.34. The summed E-state index contributed by atoms with van der Waals surface area (Å²) in [6.07, 6.45) is 0. The Morgan fingerprint density at radius 2 is 2.20 bits per heavy atom. The molecule has 0 unspecified atom stereocenters. The molecule has 1 aliphatic heterocycles. The predicted molar refractivity (Wildman–Crippen MR) is 64.2 cm³/mol. The quantitative estimate of drug-likeness (QED) is 0.729. The highest BCUT2D eigenvalue weighted by Crippen LogP contribution is 2.21. The Morgan fingerprint density at radius 1 is 1.53 bits per heavy atom. The Bertz CT molecular complexity index is 402. The molecule has 1 amide bonds. The van der Waals surface area contributed by atoms with Crippen LogP contribution in [0.15, 0.2) is 18.2 Å². The second-order valence-electron chi connectivity index (χ2n) is 3.92. The first-order valence-corrected chi connectivity index (χ1v) is 5.90. The van der Waals surface area contributed by atoms with E-state index < -0.39 is 5.82 Å². The van der Waals surface area contributed by atoms with Gasteiger partial charge in [0.2, 0.25) is 0 Å². The molecule has 0 bridgehead atoms. The van der Waals surface area contributed by atoms with E-state index in [9.17, 15) is 9.18 Å². The van der Waals surface area contributed by atoms with Crippen LogP contribution in [0.1, 0.15) is 17.3 Å². The summed E-state index contributed by atoms with van der Waals surface area (Å²) in [5.41, 5.74) is 0.189. The van der Waals surface area contributed by atoms with Gasteiger partial charge in [-0.2, -0.15) is 0 Å². The first kappa shape index (κ1) is 10.9. The largest absolute Gasteiger partial charge is 0.338 e. The van der Waals surface area contributed by atoms with Crippen LogP contribution in [0.3, 0.4) is 0 Å². The van der Waals surface area contributed by atoms with E-state index in [1.807, 2.05) is 22.6 Å². The number of carbonyl (C=O) groups is 1. The summed E-state index contributed by atoms with van der Waals surface area (Å²) in [6.45, 7) is 3.56. The topological polar surface area (TPSA) is 20.3 Å². The highest BCUT2D eigenvalue weighted by molar-refractivity contribution is 14.1. The lowest BCUT2D eigenvalue weighted by atomic mass is 10.0. The van der Waals surface area contributed by atoms with Crippen LogP contribution in [0.2, 0.25) is 0 Å². The van der Waals surface area contributed by atoms with Crippen molar-refractivity contribution < 1.29 is 9.18 Å².